The van der Waals surface area contributed by atoms with Gasteiger partial charge in [-0.25, -0.2) is 0 Å². The number of rotatable bonds is 4. The van der Waals surface area contributed by atoms with Crippen molar-refractivity contribution < 1.29 is 19.5 Å². The van der Waals surface area contributed by atoms with Crippen LogP contribution < -0.4 is 5.73 Å². The number of carbonyl (C=O) groups is 3. The van der Waals surface area contributed by atoms with E-state index >= 15 is 0 Å². The van der Waals surface area contributed by atoms with Gasteiger partial charge in [0.05, 0.1) is 11.8 Å². The number of hydrogen-bond donors (Lipinski definition) is 2. The number of piperidine rings is 1. The number of likely N-dealkylation sites (tertiary alicyclic amines) is 1. The highest BCUT2D eigenvalue weighted by Gasteiger charge is 2.31. The Morgan fingerprint density at radius 1 is 1.62 bits per heavy atom. The molecule has 0 bridgehead atoms. The van der Waals surface area contributed by atoms with Crippen molar-refractivity contribution in [2.24, 2.45) is 17.6 Å². The van der Waals surface area contributed by atoms with Crippen LogP contribution in [0.2, 0.25) is 0 Å². The molecule has 1 aliphatic heterocycles. The van der Waals surface area contributed by atoms with E-state index in [1.54, 1.807) is 6.92 Å². The predicted octanol–water partition coefficient (Wildman–Crippen LogP) is -0.569. The van der Waals surface area contributed by atoms with E-state index in [4.69, 9.17) is 10.8 Å². The highest BCUT2D eigenvalue weighted by Crippen LogP contribution is 2.18. The average Bonchev–Trinajstić information content (AvgIpc) is 2.20. The number of carboxylic acid groups (broad SMARTS) is 1. The predicted molar refractivity (Wildman–Crippen MR) is 55.3 cm³/mol. The molecule has 0 radical (unpaired) electrons. The molecule has 0 aliphatic carbocycles. The zero-order valence-electron chi connectivity index (χ0n) is 9.18. The SMILES string of the molecule is CC(CN1CC(C(=O)O)CCC1=O)C(N)=O. The summed E-state index contributed by atoms with van der Waals surface area (Å²) in [4.78, 5) is 34.6. The molecular formula is C10H16N2O4. The molecule has 16 heavy (non-hydrogen) atoms. The van der Waals surface area contributed by atoms with Crippen LogP contribution in [0, 0.1) is 11.8 Å². The lowest BCUT2D eigenvalue weighted by Gasteiger charge is -2.31. The van der Waals surface area contributed by atoms with Gasteiger partial charge in [-0.15, -0.1) is 0 Å². The molecule has 6 nitrogen and oxygen atoms in total. The number of primary amides is 1. The fourth-order valence-corrected chi connectivity index (χ4v) is 1.71. The third-order valence-corrected chi connectivity index (χ3v) is 2.83. The Hall–Kier alpha value is -1.59. The average molecular weight is 228 g/mol. The quantitative estimate of drug-likeness (QED) is 0.672. The monoisotopic (exact) mass is 228 g/mol. The summed E-state index contributed by atoms with van der Waals surface area (Å²) >= 11 is 0. The largest absolute Gasteiger partial charge is 0.481 e. The van der Waals surface area contributed by atoms with E-state index in [1.807, 2.05) is 0 Å². The summed E-state index contributed by atoms with van der Waals surface area (Å²) in [7, 11) is 0. The minimum absolute atomic E-state index is 0.106. The topological polar surface area (TPSA) is 101 Å². The minimum atomic E-state index is -0.899. The van der Waals surface area contributed by atoms with Crippen molar-refractivity contribution in [1.82, 2.24) is 4.90 Å². The molecule has 1 fully saturated rings. The number of carbonyl (C=O) groups excluding carboxylic acids is 2. The van der Waals surface area contributed by atoms with E-state index in [1.165, 1.54) is 4.90 Å². The lowest BCUT2D eigenvalue weighted by Crippen LogP contribution is -2.46. The summed E-state index contributed by atoms with van der Waals surface area (Å²) < 4.78 is 0. The van der Waals surface area contributed by atoms with Gasteiger partial charge in [0.25, 0.3) is 0 Å². The molecule has 0 aromatic heterocycles. The lowest BCUT2D eigenvalue weighted by atomic mass is 9.96. The van der Waals surface area contributed by atoms with E-state index in [0.29, 0.717) is 6.42 Å². The summed E-state index contributed by atoms with van der Waals surface area (Å²) in [6, 6.07) is 0. The van der Waals surface area contributed by atoms with Crippen molar-refractivity contribution in [3.05, 3.63) is 0 Å². The molecule has 2 atom stereocenters. The van der Waals surface area contributed by atoms with E-state index in [2.05, 4.69) is 0 Å². The van der Waals surface area contributed by atoms with Crippen molar-refractivity contribution in [3.63, 3.8) is 0 Å². The first-order valence-corrected chi connectivity index (χ1v) is 5.21. The van der Waals surface area contributed by atoms with Gasteiger partial charge in [0.15, 0.2) is 0 Å². The second kappa shape index (κ2) is 4.96. The van der Waals surface area contributed by atoms with Crippen LogP contribution in [0.25, 0.3) is 0 Å². The molecule has 0 saturated carbocycles. The van der Waals surface area contributed by atoms with Crippen molar-refractivity contribution in [2.45, 2.75) is 19.8 Å². The second-order valence-electron chi connectivity index (χ2n) is 4.18. The number of nitrogens with zero attached hydrogens (tertiary/aromatic N) is 1. The summed E-state index contributed by atoms with van der Waals surface area (Å²) in [5.74, 6) is -2.46. The number of hydrogen-bond acceptors (Lipinski definition) is 3. The molecule has 0 aromatic rings. The van der Waals surface area contributed by atoms with Crippen molar-refractivity contribution in [3.8, 4) is 0 Å². The molecule has 2 unspecified atom stereocenters. The fraction of sp³-hybridized carbons (Fsp3) is 0.700. The normalized spacial score (nSPS) is 22.9. The third kappa shape index (κ3) is 2.95. The van der Waals surface area contributed by atoms with Gasteiger partial charge < -0.3 is 15.7 Å². The van der Waals surface area contributed by atoms with Crippen LogP contribution in [0.1, 0.15) is 19.8 Å². The Morgan fingerprint density at radius 2 is 2.25 bits per heavy atom. The second-order valence-corrected chi connectivity index (χ2v) is 4.18. The van der Waals surface area contributed by atoms with Crippen LogP contribution in [0.15, 0.2) is 0 Å². The van der Waals surface area contributed by atoms with Gasteiger partial charge in [0.1, 0.15) is 0 Å². The maximum Gasteiger partial charge on any atom is 0.308 e. The summed E-state index contributed by atoms with van der Waals surface area (Å²) in [6.07, 6.45) is 0.595. The molecule has 1 saturated heterocycles. The van der Waals surface area contributed by atoms with Crippen LogP contribution in [-0.2, 0) is 14.4 Å². The Morgan fingerprint density at radius 3 is 2.75 bits per heavy atom. The van der Waals surface area contributed by atoms with Crippen LogP contribution in [-0.4, -0.2) is 40.9 Å². The summed E-state index contributed by atoms with van der Waals surface area (Å²) in [6.45, 7) is 2.00. The zero-order chi connectivity index (χ0) is 12.3. The standard InChI is InChI=1S/C10H16N2O4/c1-6(9(11)14)4-12-5-7(10(15)16)2-3-8(12)13/h6-7H,2-5H2,1H3,(H2,11,14)(H,15,16). The molecule has 6 heteroatoms. The molecule has 0 aromatic carbocycles. The molecular weight excluding hydrogens is 212 g/mol. The van der Waals surface area contributed by atoms with Gasteiger partial charge >= 0.3 is 5.97 Å². The molecule has 1 aliphatic rings. The molecule has 3 N–H and O–H groups in total. The first-order chi connectivity index (χ1) is 7.41. The highest BCUT2D eigenvalue weighted by atomic mass is 16.4. The summed E-state index contributed by atoms with van der Waals surface area (Å²) in [5, 5.41) is 8.86. The van der Waals surface area contributed by atoms with Crippen LogP contribution in [0.5, 0.6) is 0 Å². The highest BCUT2D eigenvalue weighted by molar-refractivity contribution is 5.82. The Bertz CT molecular complexity index is 314. The molecule has 90 valence electrons. The van der Waals surface area contributed by atoms with Gasteiger partial charge in [-0.05, 0) is 6.42 Å². The lowest BCUT2D eigenvalue weighted by molar-refractivity contribution is -0.147. The molecule has 2 amide bonds. The van der Waals surface area contributed by atoms with Crippen molar-refractivity contribution in [2.75, 3.05) is 13.1 Å². The van der Waals surface area contributed by atoms with Crippen LogP contribution >= 0.6 is 0 Å². The van der Waals surface area contributed by atoms with Gasteiger partial charge in [0.2, 0.25) is 11.8 Å². The van der Waals surface area contributed by atoms with Gasteiger partial charge in [-0.3, -0.25) is 14.4 Å². The van der Waals surface area contributed by atoms with E-state index in [-0.39, 0.29) is 25.4 Å². The Kier molecular flexibility index (Phi) is 3.87. The minimum Gasteiger partial charge on any atom is -0.481 e. The molecule has 1 heterocycles. The first kappa shape index (κ1) is 12.5. The number of amides is 2. The molecule has 1 rings (SSSR count). The van der Waals surface area contributed by atoms with Crippen molar-refractivity contribution in [1.29, 1.82) is 0 Å². The Balaban J connectivity index is 2.59. The van der Waals surface area contributed by atoms with Crippen LogP contribution in [0.4, 0.5) is 0 Å². The smallest absolute Gasteiger partial charge is 0.308 e. The van der Waals surface area contributed by atoms with E-state index in [9.17, 15) is 14.4 Å². The van der Waals surface area contributed by atoms with Gasteiger partial charge in [-0.2, -0.15) is 0 Å². The molecule has 0 spiro atoms. The third-order valence-electron chi connectivity index (χ3n) is 2.83. The van der Waals surface area contributed by atoms with E-state index < -0.39 is 23.7 Å². The van der Waals surface area contributed by atoms with Gasteiger partial charge in [-0.1, -0.05) is 6.92 Å². The summed E-state index contributed by atoms with van der Waals surface area (Å²) in [5.41, 5.74) is 5.10. The first-order valence-electron chi connectivity index (χ1n) is 5.21. The number of aliphatic carboxylic acids is 1. The fourth-order valence-electron chi connectivity index (χ4n) is 1.71. The van der Waals surface area contributed by atoms with Crippen LogP contribution in [0.3, 0.4) is 0 Å². The van der Waals surface area contributed by atoms with Crippen molar-refractivity contribution >= 4 is 17.8 Å². The maximum atomic E-state index is 11.5. The maximum absolute atomic E-state index is 11.5. The van der Waals surface area contributed by atoms with E-state index in [0.717, 1.165) is 0 Å². The zero-order valence-corrected chi connectivity index (χ0v) is 9.18. The van der Waals surface area contributed by atoms with Gasteiger partial charge in [0, 0.05) is 19.5 Å². The number of nitrogens with two attached hydrogens (primary N) is 1. The Labute approximate surface area is 93.4 Å². The number of carboxylic acids is 1.